The third-order valence-corrected chi connectivity index (χ3v) is 6.21. The van der Waals surface area contributed by atoms with Crippen LogP contribution in [0.1, 0.15) is 50.2 Å². The Hall–Kier alpha value is -2.84. The molecule has 2 amide bonds. The maximum Gasteiger partial charge on any atom is 0.338 e. The van der Waals surface area contributed by atoms with E-state index in [0.29, 0.717) is 23.6 Å². The van der Waals surface area contributed by atoms with E-state index in [0.717, 1.165) is 5.56 Å². The molecule has 3 N–H and O–H groups in total. The average molecular weight is 458 g/mol. The number of benzene rings is 1. The number of hydrogen-bond acceptors (Lipinski definition) is 6. The van der Waals surface area contributed by atoms with Gasteiger partial charge in [-0.05, 0) is 41.5 Å². The SMILES string of the molecule is CCOC(=O)C1=C(CNC(c2cccs2)C(C)(C)C)NC(=O)NC1c1ccc(OC)cc1. The lowest BCUT2D eigenvalue weighted by Gasteiger charge is -2.34. The van der Waals surface area contributed by atoms with E-state index in [1.165, 1.54) is 4.88 Å². The van der Waals surface area contributed by atoms with Gasteiger partial charge >= 0.3 is 12.0 Å². The number of urea groups is 1. The number of carbonyl (C=O) groups is 2. The molecule has 1 aliphatic heterocycles. The number of hydrogen-bond donors (Lipinski definition) is 3. The second-order valence-corrected chi connectivity index (χ2v) is 9.59. The summed E-state index contributed by atoms with van der Waals surface area (Å²) in [6.45, 7) is 8.80. The molecule has 8 heteroatoms. The standard InChI is InChI=1S/C24H31N3O4S/c1-6-31-22(28)19-17(14-25-21(24(2,3)4)18-8-7-13-32-18)26-23(29)27-20(19)15-9-11-16(30-5)12-10-15/h7-13,20-21,25H,6,14H2,1-5H3,(H2,26,27,29). The fourth-order valence-corrected chi connectivity index (χ4v) is 4.79. The number of rotatable bonds is 8. The second kappa shape index (κ2) is 10.2. The zero-order valence-corrected chi connectivity index (χ0v) is 20.0. The summed E-state index contributed by atoms with van der Waals surface area (Å²) in [6, 6.07) is 10.5. The van der Waals surface area contributed by atoms with Gasteiger partial charge in [0, 0.05) is 23.2 Å². The van der Waals surface area contributed by atoms with Crippen LogP contribution in [0.3, 0.4) is 0 Å². The Morgan fingerprint density at radius 1 is 1.22 bits per heavy atom. The summed E-state index contributed by atoms with van der Waals surface area (Å²) in [6.07, 6.45) is 0. The van der Waals surface area contributed by atoms with Crippen LogP contribution in [0.15, 0.2) is 53.0 Å². The van der Waals surface area contributed by atoms with Crippen LogP contribution < -0.4 is 20.7 Å². The predicted octanol–water partition coefficient (Wildman–Crippen LogP) is 4.30. The highest BCUT2D eigenvalue weighted by molar-refractivity contribution is 7.10. The molecule has 1 aromatic carbocycles. The first-order chi connectivity index (χ1) is 15.2. The lowest BCUT2D eigenvalue weighted by atomic mass is 9.85. The van der Waals surface area contributed by atoms with E-state index >= 15 is 0 Å². The molecule has 2 atom stereocenters. The Morgan fingerprint density at radius 3 is 2.50 bits per heavy atom. The Morgan fingerprint density at radius 2 is 1.94 bits per heavy atom. The lowest BCUT2D eigenvalue weighted by molar-refractivity contribution is -0.139. The quantitative estimate of drug-likeness (QED) is 0.514. The Balaban J connectivity index is 1.97. The normalized spacial score (nSPS) is 17.4. The summed E-state index contributed by atoms with van der Waals surface area (Å²) in [5, 5.41) is 11.3. The Kier molecular flexibility index (Phi) is 7.58. The van der Waals surface area contributed by atoms with Gasteiger partial charge in [0.1, 0.15) is 5.75 Å². The minimum absolute atomic E-state index is 0.0460. The first kappa shape index (κ1) is 23.8. The third-order valence-electron chi connectivity index (χ3n) is 5.27. The van der Waals surface area contributed by atoms with Gasteiger partial charge < -0.3 is 25.4 Å². The van der Waals surface area contributed by atoms with E-state index in [9.17, 15) is 9.59 Å². The number of amides is 2. The van der Waals surface area contributed by atoms with Gasteiger partial charge in [0.25, 0.3) is 0 Å². The van der Waals surface area contributed by atoms with Crippen molar-refractivity contribution in [3.8, 4) is 5.75 Å². The van der Waals surface area contributed by atoms with Crippen molar-refractivity contribution in [1.29, 1.82) is 0 Å². The van der Waals surface area contributed by atoms with Crippen LogP contribution >= 0.6 is 11.3 Å². The van der Waals surface area contributed by atoms with Crippen molar-refractivity contribution in [3.63, 3.8) is 0 Å². The highest BCUT2D eigenvalue weighted by Gasteiger charge is 2.35. The molecular formula is C24H31N3O4S. The molecule has 0 aliphatic carbocycles. The number of thiophene rings is 1. The van der Waals surface area contributed by atoms with E-state index in [1.54, 1.807) is 37.5 Å². The molecule has 0 saturated heterocycles. The third kappa shape index (κ3) is 5.49. The van der Waals surface area contributed by atoms with Crippen LogP contribution in [0.4, 0.5) is 4.79 Å². The second-order valence-electron chi connectivity index (χ2n) is 8.61. The minimum Gasteiger partial charge on any atom is -0.497 e. The molecule has 1 aromatic heterocycles. The molecule has 2 unspecified atom stereocenters. The highest BCUT2D eigenvalue weighted by Crippen LogP contribution is 2.36. The maximum atomic E-state index is 13.0. The van der Waals surface area contributed by atoms with Crippen LogP contribution in [0, 0.1) is 5.41 Å². The van der Waals surface area contributed by atoms with Crippen molar-refractivity contribution < 1.29 is 19.1 Å². The highest BCUT2D eigenvalue weighted by atomic mass is 32.1. The average Bonchev–Trinajstić information content (AvgIpc) is 3.27. The number of nitrogens with one attached hydrogen (secondary N) is 3. The van der Waals surface area contributed by atoms with Crippen molar-refractivity contribution in [2.24, 2.45) is 5.41 Å². The summed E-state index contributed by atoms with van der Waals surface area (Å²) < 4.78 is 10.6. The van der Waals surface area contributed by atoms with E-state index in [2.05, 4.69) is 42.8 Å². The van der Waals surface area contributed by atoms with Crippen LogP contribution in [-0.2, 0) is 9.53 Å². The fraction of sp³-hybridized carbons (Fsp3) is 0.417. The largest absolute Gasteiger partial charge is 0.497 e. The summed E-state index contributed by atoms with van der Waals surface area (Å²) >= 11 is 1.68. The van der Waals surface area contributed by atoms with E-state index < -0.39 is 12.0 Å². The fourth-order valence-electron chi connectivity index (χ4n) is 3.75. The molecule has 7 nitrogen and oxygen atoms in total. The molecule has 1 aliphatic rings. The van der Waals surface area contributed by atoms with Crippen LogP contribution in [0.25, 0.3) is 0 Å². The molecule has 172 valence electrons. The summed E-state index contributed by atoms with van der Waals surface area (Å²) in [4.78, 5) is 26.7. The minimum atomic E-state index is -0.625. The lowest BCUT2D eigenvalue weighted by Crippen LogP contribution is -2.48. The monoisotopic (exact) mass is 457 g/mol. The van der Waals surface area contributed by atoms with Crippen LogP contribution in [0.5, 0.6) is 5.75 Å². The van der Waals surface area contributed by atoms with Gasteiger partial charge in [-0.15, -0.1) is 11.3 Å². The van der Waals surface area contributed by atoms with Crippen molar-refractivity contribution in [3.05, 3.63) is 63.5 Å². The molecule has 0 saturated carbocycles. The van der Waals surface area contributed by atoms with Crippen molar-refractivity contribution in [2.45, 2.75) is 39.8 Å². The van der Waals surface area contributed by atoms with Crippen molar-refractivity contribution >= 4 is 23.3 Å². The summed E-state index contributed by atoms with van der Waals surface area (Å²) in [5.74, 6) is 0.239. The molecule has 0 fully saturated rings. The Labute approximate surface area is 193 Å². The van der Waals surface area contributed by atoms with Gasteiger partial charge in [0.2, 0.25) is 0 Å². The van der Waals surface area contributed by atoms with Gasteiger partial charge in [-0.2, -0.15) is 0 Å². The van der Waals surface area contributed by atoms with Gasteiger partial charge in [-0.1, -0.05) is 39.0 Å². The molecular weight excluding hydrogens is 426 g/mol. The zero-order chi connectivity index (χ0) is 23.3. The number of methoxy groups -OCH3 is 1. The van der Waals surface area contributed by atoms with E-state index in [-0.39, 0.29) is 24.1 Å². The molecule has 0 bridgehead atoms. The van der Waals surface area contributed by atoms with E-state index in [4.69, 9.17) is 9.47 Å². The summed E-state index contributed by atoms with van der Waals surface area (Å²) in [5.41, 5.74) is 1.61. The van der Waals surface area contributed by atoms with E-state index in [1.807, 2.05) is 23.6 Å². The maximum absolute atomic E-state index is 13.0. The zero-order valence-electron chi connectivity index (χ0n) is 19.2. The number of ether oxygens (including phenoxy) is 2. The molecule has 2 heterocycles. The van der Waals surface area contributed by atoms with Gasteiger partial charge in [0.05, 0.1) is 25.3 Å². The molecule has 0 radical (unpaired) electrons. The summed E-state index contributed by atoms with van der Waals surface area (Å²) in [7, 11) is 1.59. The van der Waals surface area contributed by atoms with Crippen molar-refractivity contribution in [2.75, 3.05) is 20.3 Å². The van der Waals surface area contributed by atoms with Gasteiger partial charge in [-0.25, -0.2) is 9.59 Å². The number of carbonyl (C=O) groups excluding carboxylic acids is 2. The first-order valence-electron chi connectivity index (χ1n) is 10.6. The van der Waals surface area contributed by atoms with Gasteiger partial charge in [-0.3, -0.25) is 0 Å². The molecule has 0 spiro atoms. The topological polar surface area (TPSA) is 88.7 Å². The molecule has 2 aromatic rings. The molecule has 32 heavy (non-hydrogen) atoms. The van der Waals surface area contributed by atoms with Crippen molar-refractivity contribution in [1.82, 2.24) is 16.0 Å². The molecule has 3 rings (SSSR count). The smallest absolute Gasteiger partial charge is 0.338 e. The van der Waals surface area contributed by atoms with Gasteiger partial charge in [0.15, 0.2) is 0 Å². The van der Waals surface area contributed by atoms with Crippen LogP contribution in [-0.4, -0.2) is 32.3 Å². The predicted molar refractivity (Wildman–Crippen MR) is 126 cm³/mol. The number of esters is 1. The van der Waals surface area contributed by atoms with Crippen LogP contribution in [0.2, 0.25) is 0 Å². The Bertz CT molecular complexity index is 962. The first-order valence-corrected chi connectivity index (χ1v) is 11.5.